The molecule has 2 aromatic heterocycles. The third-order valence-electron chi connectivity index (χ3n) is 4.75. The maximum absolute atomic E-state index is 12.7. The van der Waals surface area contributed by atoms with Gasteiger partial charge in [0.15, 0.2) is 0 Å². The molecule has 2 heterocycles. The van der Waals surface area contributed by atoms with Crippen molar-refractivity contribution in [3.05, 3.63) is 95.5 Å². The Morgan fingerprint density at radius 1 is 1.13 bits per heavy atom. The monoisotopic (exact) mass is 420 g/mol. The van der Waals surface area contributed by atoms with E-state index >= 15 is 0 Å². The second kappa shape index (κ2) is 8.88. The van der Waals surface area contributed by atoms with Gasteiger partial charge in [0, 0.05) is 31.2 Å². The van der Waals surface area contributed by atoms with Crippen LogP contribution in [0.5, 0.6) is 5.75 Å². The molecule has 4 rings (SSSR count). The number of carbonyl (C=O) groups excluding carboxylic acids is 1. The maximum Gasteiger partial charge on any atom is 0.255 e. The molecule has 152 valence electrons. The Labute approximate surface area is 179 Å². The van der Waals surface area contributed by atoms with Crippen LogP contribution in [0.3, 0.4) is 0 Å². The molecule has 2 aromatic carbocycles. The molecular formula is C23H21ClN4O2. The molecule has 0 fully saturated rings. The standard InChI is InChI=1S/C23H21ClN4O2/c1-30-22-14-21(27-11-5-6-12-27)20(24)13-19(22)23(29)25-10-9-17-15-26-28(16-17)18-7-3-2-4-8-18/h2-8,11-16H,9-10H2,1H3,(H,25,29). The smallest absolute Gasteiger partial charge is 0.255 e. The molecule has 30 heavy (non-hydrogen) atoms. The van der Waals surface area contributed by atoms with E-state index in [4.69, 9.17) is 16.3 Å². The van der Waals surface area contributed by atoms with Crippen LogP contribution in [0.2, 0.25) is 5.02 Å². The van der Waals surface area contributed by atoms with Crippen molar-refractivity contribution < 1.29 is 9.53 Å². The largest absolute Gasteiger partial charge is 0.496 e. The molecule has 0 spiro atoms. The van der Waals surface area contributed by atoms with Gasteiger partial charge in [-0.25, -0.2) is 4.68 Å². The van der Waals surface area contributed by atoms with Crippen LogP contribution in [0.15, 0.2) is 79.4 Å². The van der Waals surface area contributed by atoms with Crippen LogP contribution >= 0.6 is 11.6 Å². The summed E-state index contributed by atoms with van der Waals surface area (Å²) in [6, 6.07) is 17.1. The molecule has 0 saturated carbocycles. The van der Waals surface area contributed by atoms with Gasteiger partial charge in [-0.2, -0.15) is 5.10 Å². The summed E-state index contributed by atoms with van der Waals surface area (Å²) in [5.74, 6) is 0.237. The average molecular weight is 421 g/mol. The Morgan fingerprint density at radius 3 is 2.63 bits per heavy atom. The van der Waals surface area contributed by atoms with Gasteiger partial charge in [-0.05, 0) is 42.3 Å². The Hall–Kier alpha value is -3.51. The van der Waals surface area contributed by atoms with Gasteiger partial charge in [0.2, 0.25) is 0 Å². The summed E-state index contributed by atoms with van der Waals surface area (Å²) >= 11 is 6.42. The Balaban J connectivity index is 1.42. The van der Waals surface area contributed by atoms with Gasteiger partial charge in [0.05, 0.1) is 35.3 Å². The number of para-hydroxylation sites is 1. The second-order valence-electron chi connectivity index (χ2n) is 6.73. The lowest BCUT2D eigenvalue weighted by Gasteiger charge is -2.13. The van der Waals surface area contributed by atoms with Crippen molar-refractivity contribution in [2.75, 3.05) is 13.7 Å². The molecule has 1 amide bonds. The number of hydrogen-bond acceptors (Lipinski definition) is 3. The highest BCUT2D eigenvalue weighted by Gasteiger charge is 2.16. The van der Waals surface area contributed by atoms with Gasteiger partial charge >= 0.3 is 0 Å². The third-order valence-corrected chi connectivity index (χ3v) is 5.05. The summed E-state index contributed by atoms with van der Waals surface area (Å²) in [7, 11) is 1.54. The lowest BCUT2D eigenvalue weighted by molar-refractivity contribution is 0.0951. The molecule has 0 aliphatic carbocycles. The molecule has 0 bridgehead atoms. The first-order valence-corrected chi connectivity index (χ1v) is 9.91. The van der Waals surface area contributed by atoms with Gasteiger partial charge in [-0.3, -0.25) is 4.79 Å². The zero-order valence-corrected chi connectivity index (χ0v) is 17.2. The number of nitrogens with one attached hydrogen (secondary N) is 1. The van der Waals surface area contributed by atoms with Crippen LogP contribution in [-0.2, 0) is 6.42 Å². The summed E-state index contributed by atoms with van der Waals surface area (Å²) in [5, 5.41) is 7.78. The molecule has 0 saturated heterocycles. The van der Waals surface area contributed by atoms with E-state index in [-0.39, 0.29) is 5.91 Å². The Morgan fingerprint density at radius 2 is 1.90 bits per heavy atom. The van der Waals surface area contributed by atoms with Crippen LogP contribution in [0.25, 0.3) is 11.4 Å². The third kappa shape index (κ3) is 4.23. The number of amides is 1. The molecule has 0 atom stereocenters. The predicted molar refractivity (Wildman–Crippen MR) is 117 cm³/mol. The van der Waals surface area contributed by atoms with E-state index < -0.39 is 0 Å². The summed E-state index contributed by atoms with van der Waals surface area (Å²) in [6.45, 7) is 0.472. The van der Waals surface area contributed by atoms with Crippen molar-refractivity contribution in [3.8, 4) is 17.1 Å². The topological polar surface area (TPSA) is 61.1 Å². The number of ether oxygens (including phenoxy) is 1. The van der Waals surface area contributed by atoms with Gasteiger partial charge in [-0.1, -0.05) is 29.8 Å². The minimum atomic E-state index is -0.233. The molecule has 7 heteroatoms. The van der Waals surface area contributed by atoms with Gasteiger partial charge in [0.1, 0.15) is 5.75 Å². The van der Waals surface area contributed by atoms with Gasteiger partial charge in [-0.15, -0.1) is 0 Å². The Bertz CT molecular complexity index is 1140. The summed E-state index contributed by atoms with van der Waals surface area (Å²) in [6.07, 6.45) is 8.20. The fraction of sp³-hybridized carbons (Fsp3) is 0.130. The molecule has 0 unspecified atom stereocenters. The van der Waals surface area contributed by atoms with Crippen LogP contribution in [-0.4, -0.2) is 33.9 Å². The molecule has 6 nitrogen and oxygen atoms in total. The number of methoxy groups -OCH3 is 1. The zero-order chi connectivity index (χ0) is 20.9. The number of hydrogen-bond donors (Lipinski definition) is 1. The number of benzene rings is 2. The Kier molecular flexibility index (Phi) is 5.86. The average Bonchev–Trinajstić information content (AvgIpc) is 3.46. The van der Waals surface area contributed by atoms with E-state index in [1.54, 1.807) is 12.1 Å². The van der Waals surface area contributed by atoms with Gasteiger partial charge in [0.25, 0.3) is 5.91 Å². The van der Waals surface area contributed by atoms with E-state index in [0.29, 0.717) is 29.3 Å². The highest BCUT2D eigenvalue weighted by Crippen LogP contribution is 2.30. The van der Waals surface area contributed by atoms with Crippen LogP contribution in [0.1, 0.15) is 15.9 Å². The summed E-state index contributed by atoms with van der Waals surface area (Å²) in [5.41, 5.74) is 3.18. The minimum absolute atomic E-state index is 0.233. The van der Waals surface area contributed by atoms with Crippen molar-refractivity contribution in [2.24, 2.45) is 0 Å². The lowest BCUT2D eigenvalue weighted by Crippen LogP contribution is -2.26. The predicted octanol–water partition coefficient (Wildman–Crippen LogP) is 4.30. The van der Waals surface area contributed by atoms with E-state index in [2.05, 4.69) is 10.4 Å². The van der Waals surface area contributed by atoms with Crippen LogP contribution in [0, 0.1) is 0 Å². The number of halogens is 1. The normalized spacial score (nSPS) is 10.7. The van der Waals surface area contributed by atoms with Crippen molar-refractivity contribution in [1.82, 2.24) is 19.7 Å². The molecule has 0 radical (unpaired) electrons. The van der Waals surface area contributed by atoms with Crippen molar-refractivity contribution in [1.29, 1.82) is 0 Å². The van der Waals surface area contributed by atoms with Crippen LogP contribution in [0.4, 0.5) is 0 Å². The first-order chi connectivity index (χ1) is 14.7. The number of rotatable bonds is 7. The molecular weight excluding hydrogens is 400 g/mol. The second-order valence-corrected chi connectivity index (χ2v) is 7.14. The first kappa shape index (κ1) is 19.8. The van der Waals surface area contributed by atoms with Crippen LogP contribution < -0.4 is 10.1 Å². The fourth-order valence-corrected chi connectivity index (χ4v) is 3.47. The highest BCUT2D eigenvalue weighted by atomic mass is 35.5. The first-order valence-electron chi connectivity index (χ1n) is 9.54. The molecule has 0 aliphatic heterocycles. The van der Waals surface area contributed by atoms with Crippen molar-refractivity contribution in [2.45, 2.75) is 6.42 Å². The van der Waals surface area contributed by atoms with E-state index in [1.807, 2.05) is 76.5 Å². The summed E-state index contributed by atoms with van der Waals surface area (Å²) in [4.78, 5) is 12.7. The lowest BCUT2D eigenvalue weighted by atomic mass is 10.1. The number of nitrogens with zero attached hydrogens (tertiary/aromatic N) is 3. The molecule has 4 aromatic rings. The minimum Gasteiger partial charge on any atom is -0.496 e. The number of carbonyl (C=O) groups is 1. The molecule has 1 N–H and O–H groups in total. The summed E-state index contributed by atoms with van der Waals surface area (Å²) < 4.78 is 9.12. The zero-order valence-electron chi connectivity index (χ0n) is 16.5. The molecule has 0 aliphatic rings. The van der Waals surface area contributed by atoms with E-state index in [1.165, 1.54) is 7.11 Å². The SMILES string of the molecule is COc1cc(-n2cccc2)c(Cl)cc1C(=O)NCCc1cnn(-c2ccccc2)c1. The van der Waals surface area contributed by atoms with E-state index in [0.717, 1.165) is 16.9 Å². The highest BCUT2D eigenvalue weighted by molar-refractivity contribution is 6.33. The van der Waals surface area contributed by atoms with Gasteiger partial charge < -0.3 is 14.6 Å². The van der Waals surface area contributed by atoms with E-state index in [9.17, 15) is 4.79 Å². The maximum atomic E-state index is 12.7. The fourth-order valence-electron chi connectivity index (χ4n) is 3.21. The quantitative estimate of drug-likeness (QED) is 0.485. The van der Waals surface area contributed by atoms with Crippen molar-refractivity contribution in [3.63, 3.8) is 0 Å². The van der Waals surface area contributed by atoms with Crippen molar-refractivity contribution >= 4 is 17.5 Å². The number of aromatic nitrogens is 3.